The van der Waals surface area contributed by atoms with Crippen molar-refractivity contribution in [1.82, 2.24) is 10.3 Å². The molecule has 0 fully saturated rings. The van der Waals surface area contributed by atoms with Crippen LogP contribution in [0.25, 0.3) is 0 Å². The molecule has 0 aromatic carbocycles. The summed E-state index contributed by atoms with van der Waals surface area (Å²) in [6.07, 6.45) is -3.72. The Bertz CT molecular complexity index is 424. The van der Waals surface area contributed by atoms with Crippen molar-refractivity contribution in [3.05, 3.63) is 15.6 Å². The van der Waals surface area contributed by atoms with Gasteiger partial charge in [-0.05, 0) is 6.92 Å². The first kappa shape index (κ1) is 17.3. The second-order valence-corrected chi connectivity index (χ2v) is 5.87. The molecular formula is C12H18F4N2OS. The number of nitrogens with zero attached hydrogens (tertiary/aromatic N) is 1. The summed E-state index contributed by atoms with van der Waals surface area (Å²) in [5.74, 6) is -4.12. The number of nitrogens with one attached hydrogen (secondary N) is 1. The third-order valence-electron chi connectivity index (χ3n) is 2.45. The molecule has 0 aliphatic rings. The molecule has 1 aromatic heterocycles. The molecule has 0 aliphatic heterocycles. The summed E-state index contributed by atoms with van der Waals surface area (Å²) < 4.78 is 53.8. The Hall–Kier alpha value is -0.730. The second-order valence-electron chi connectivity index (χ2n) is 4.71. The van der Waals surface area contributed by atoms with Gasteiger partial charge in [-0.15, -0.1) is 11.3 Å². The van der Waals surface area contributed by atoms with Crippen molar-refractivity contribution in [2.24, 2.45) is 0 Å². The van der Waals surface area contributed by atoms with Gasteiger partial charge in [0.25, 0.3) is 0 Å². The lowest BCUT2D eigenvalue weighted by atomic mass is 10.3. The van der Waals surface area contributed by atoms with E-state index in [1.807, 2.05) is 20.8 Å². The van der Waals surface area contributed by atoms with Gasteiger partial charge in [-0.1, -0.05) is 13.8 Å². The average Bonchev–Trinajstić information content (AvgIpc) is 2.66. The number of ether oxygens (including phenoxy) is 1. The number of aromatic nitrogens is 1. The van der Waals surface area contributed by atoms with E-state index in [1.165, 1.54) is 11.3 Å². The predicted molar refractivity (Wildman–Crippen MR) is 69.4 cm³/mol. The van der Waals surface area contributed by atoms with E-state index >= 15 is 0 Å². The Morgan fingerprint density at radius 1 is 1.35 bits per heavy atom. The Morgan fingerprint density at radius 2 is 2.00 bits per heavy atom. The van der Waals surface area contributed by atoms with Gasteiger partial charge in [0.15, 0.2) is 0 Å². The summed E-state index contributed by atoms with van der Waals surface area (Å²) >= 11 is 1.33. The molecule has 8 heteroatoms. The maximum absolute atomic E-state index is 12.6. The van der Waals surface area contributed by atoms with Crippen LogP contribution in [0.3, 0.4) is 0 Å². The summed E-state index contributed by atoms with van der Waals surface area (Å²) in [6.45, 7) is 4.97. The standard InChI is InChI=1S/C12H18F4N2OS/c1-7(2)17-4-9-8(3)18-10(20-9)5-19-6-12(15,16)11(13)14/h7,11,17H,4-6H2,1-3H3. The van der Waals surface area contributed by atoms with E-state index in [0.29, 0.717) is 17.6 Å². The molecule has 0 atom stereocenters. The number of rotatable bonds is 8. The van der Waals surface area contributed by atoms with Crippen LogP contribution in [0.4, 0.5) is 17.6 Å². The number of alkyl halides is 4. The van der Waals surface area contributed by atoms with Crippen molar-refractivity contribution in [2.45, 2.75) is 52.3 Å². The summed E-state index contributed by atoms with van der Waals surface area (Å²) in [6, 6.07) is 0.320. The molecule has 1 aromatic rings. The Labute approximate surface area is 119 Å². The molecule has 116 valence electrons. The highest BCUT2D eigenvalue weighted by Gasteiger charge is 2.41. The van der Waals surface area contributed by atoms with Crippen LogP contribution in [0.1, 0.15) is 29.4 Å². The Kier molecular flexibility index (Phi) is 6.35. The van der Waals surface area contributed by atoms with Gasteiger partial charge in [0, 0.05) is 17.5 Å². The Morgan fingerprint density at radius 3 is 2.55 bits per heavy atom. The molecule has 1 heterocycles. The van der Waals surface area contributed by atoms with Crippen LogP contribution < -0.4 is 5.32 Å². The second kappa shape index (κ2) is 7.33. The fourth-order valence-corrected chi connectivity index (χ4v) is 2.31. The van der Waals surface area contributed by atoms with Crippen LogP contribution in [-0.4, -0.2) is 30.0 Å². The van der Waals surface area contributed by atoms with Crippen LogP contribution in [0.2, 0.25) is 0 Å². The van der Waals surface area contributed by atoms with Crippen LogP contribution in [-0.2, 0) is 17.9 Å². The summed E-state index contributed by atoms with van der Waals surface area (Å²) in [5.41, 5.74) is 0.794. The number of hydrogen-bond acceptors (Lipinski definition) is 4. The average molecular weight is 314 g/mol. The fraction of sp³-hybridized carbons (Fsp3) is 0.750. The predicted octanol–water partition coefficient (Wildman–Crippen LogP) is 3.37. The fourth-order valence-electron chi connectivity index (χ4n) is 1.35. The SMILES string of the molecule is Cc1nc(COCC(F)(F)C(F)F)sc1CNC(C)C. The monoisotopic (exact) mass is 314 g/mol. The highest BCUT2D eigenvalue weighted by atomic mass is 32.1. The minimum absolute atomic E-state index is 0.185. The first-order valence-corrected chi connectivity index (χ1v) is 6.96. The van der Waals surface area contributed by atoms with Crippen LogP contribution in [0.5, 0.6) is 0 Å². The topological polar surface area (TPSA) is 34.1 Å². The summed E-state index contributed by atoms with van der Waals surface area (Å²) in [4.78, 5) is 5.16. The number of aryl methyl sites for hydroxylation is 1. The van der Waals surface area contributed by atoms with Gasteiger partial charge in [0.1, 0.15) is 11.6 Å². The summed E-state index contributed by atoms with van der Waals surface area (Å²) in [7, 11) is 0. The molecule has 1 N–H and O–H groups in total. The first-order chi connectivity index (χ1) is 9.22. The summed E-state index contributed by atoms with van der Waals surface area (Å²) in [5, 5.41) is 3.73. The van der Waals surface area contributed by atoms with E-state index in [1.54, 1.807) is 0 Å². The normalized spacial score (nSPS) is 12.7. The molecule has 0 unspecified atom stereocenters. The maximum atomic E-state index is 12.6. The van der Waals surface area contributed by atoms with E-state index < -0.39 is 19.0 Å². The lowest BCUT2D eigenvalue weighted by Gasteiger charge is -2.14. The van der Waals surface area contributed by atoms with Crippen molar-refractivity contribution >= 4 is 11.3 Å². The van der Waals surface area contributed by atoms with E-state index in [4.69, 9.17) is 0 Å². The number of thiazole rings is 1. The van der Waals surface area contributed by atoms with Crippen molar-refractivity contribution in [3.63, 3.8) is 0 Å². The van der Waals surface area contributed by atoms with Gasteiger partial charge in [-0.3, -0.25) is 0 Å². The van der Waals surface area contributed by atoms with Gasteiger partial charge in [-0.2, -0.15) is 8.78 Å². The smallest absolute Gasteiger partial charge is 0.330 e. The van der Waals surface area contributed by atoms with Crippen LogP contribution in [0, 0.1) is 6.92 Å². The number of hydrogen-bond donors (Lipinski definition) is 1. The molecule has 0 spiro atoms. The number of halogens is 4. The zero-order valence-electron chi connectivity index (χ0n) is 11.6. The minimum Gasteiger partial charge on any atom is -0.368 e. The quantitative estimate of drug-likeness (QED) is 0.747. The van der Waals surface area contributed by atoms with E-state index in [0.717, 1.165) is 10.6 Å². The van der Waals surface area contributed by atoms with Gasteiger partial charge in [-0.25, -0.2) is 13.8 Å². The molecule has 20 heavy (non-hydrogen) atoms. The van der Waals surface area contributed by atoms with Crippen molar-refractivity contribution < 1.29 is 22.3 Å². The largest absolute Gasteiger partial charge is 0.368 e. The molecule has 0 saturated carbocycles. The lowest BCUT2D eigenvalue weighted by Crippen LogP contribution is -2.32. The molecule has 1 rings (SSSR count). The third kappa shape index (κ3) is 5.34. The molecule has 0 aliphatic carbocycles. The molecule has 0 saturated heterocycles. The van der Waals surface area contributed by atoms with Gasteiger partial charge in [0.05, 0.1) is 12.3 Å². The van der Waals surface area contributed by atoms with E-state index in [-0.39, 0.29) is 6.61 Å². The zero-order valence-corrected chi connectivity index (χ0v) is 12.4. The van der Waals surface area contributed by atoms with Gasteiger partial charge in [0.2, 0.25) is 0 Å². The highest BCUT2D eigenvalue weighted by Crippen LogP contribution is 2.24. The molecule has 3 nitrogen and oxygen atoms in total. The van der Waals surface area contributed by atoms with Gasteiger partial charge >= 0.3 is 12.3 Å². The molecule has 0 bridgehead atoms. The van der Waals surface area contributed by atoms with E-state index in [9.17, 15) is 17.6 Å². The lowest BCUT2D eigenvalue weighted by molar-refractivity contribution is -0.168. The molecular weight excluding hydrogens is 296 g/mol. The maximum Gasteiger partial charge on any atom is 0.330 e. The highest BCUT2D eigenvalue weighted by molar-refractivity contribution is 7.11. The zero-order chi connectivity index (χ0) is 15.3. The van der Waals surface area contributed by atoms with Crippen LogP contribution in [0.15, 0.2) is 0 Å². The van der Waals surface area contributed by atoms with Crippen molar-refractivity contribution in [1.29, 1.82) is 0 Å². The first-order valence-electron chi connectivity index (χ1n) is 6.14. The van der Waals surface area contributed by atoms with Crippen LogP contribution >= 0.6 is 11.3 Å². The van der Waals surface area contributed by atoms with Gasteiger partial charge < -0.3 is 10.1 Å². The molecule has 0 amide bonds. The molecule has 0 radical (unpaired) electrons. The minimum atomic E-state index is -4.12. The third-order valence-corrected chi connectivity index (χ3v) is 3.58. The van der Waals surface area contributed by atoms with E-state index in [2.05, 4.69) is 15.0 Å². The van der Waals surface area contributed by atoms with Crippen molar-refractivity contribution in [2.75, 3.05) is 6.61 Å². The Balaban J connectivity index is 2.47. The van der Waals surface area contributed by atoms with Crippen molar-refractivity contribution in [3.8, 4) is 0 Å².